The Morgan fingerprint density at radius 2 is 1.81 bits per heavy atom. The number of benzene rings is 2. The lowest BCUT2D eigenvalue weighted by atomic mass is 9.86. The molecule has 1 atom stereocenters. The third-order valence-electron chi connectivity index (χ3n) is 4.29. The minimum atomic E-state index is -0.794. The van der Waals surface area contributed by atoms with Crippen LogP contribution < -0.4 is 0 Å². The van der Waals surface area contributed by atoms with Crippen molar-refractivity contribution in [2.75, 3.05) is 13.1 Å². The summed E-state index contributed by atoms with van der Waals surface area (Å²) in [6, 6.07) is 13.6. The van der Waals surface area contributed by atoms with Crippen LogP contribution in [0.5, 0.6) is 0 Å². The number of rotatable bonds is 3. The summed E-state index contributed by atoms with van der Waals surface area (Å²) in [5.41, 5.74) is 0.662. The number of fused-ring (bicyclic) bond motifs is 1. The first-order chi connectivity index (χ1) is 10.1. The summed E-state index contributed by atoms with van der Waals surface area (Å²) in [6.07, 6.45) is 0. The van der Waals surface area contributed by atoms with Crippen molar-refractivity contribution in [3.8, 4) is 0 Å². The quantitative estimate of drug-likeness (QED) is 0.942. The first-order valence-electron chi connectivity index (χ1n) is 7.07. The van der Waals surface area contributed by atoms with Gasteiger partial charge in [-0.2, -0.15) is 0 Å². The molecule has 1 saturated heterocycles. The van der Waals surface area contributed by atoms with Gasteiger partial charge in [-0.05, 0) is 22.9 Å². The Morgan fingerprint density at radius 3 is 2.48 bits per heavy atom. The van der Waals surface area contributed by atoms with Crippen LogP contribution in [0.3, 0.4) is 0 Å². The first-order valence-corrected chi connectivity index (χ1v) is 7.07. The second kappa shape index (κ2) is 5.20. The number of carbonyl (C=O) groups excluding carboxylic acids is 1. The minimum absolute atomic E-state index is 0.0189. The third kappa shape index (κ3) is 2.49. The molecule has 1 unspecified atom stereocenters. The summed E-state index contributed by atoms with van der Waals surface area (Å²) >= 11 is 0. The van der Waals surface area contributed by atoms with Gasteiger partial charge in [0.25, 0.3) is 5.91 Å². The minimum Gasteiger partial charge on any atom is -0.481 e. The Bertz CT molecular complexity index is 704. The van der Waals surface area contributed by atoms with E-state index >= 15 is 0 Å². The van der Waals surface area contributed by atoms with Crippen LogP contribution in [0.25, 0.3) is 10.8 Å². The first kappa shape index (κ1) is 13.6. The smallest absolute Gasteiger partial charge is 0.306 e. The standard InChI is InChI=1S/C17H17NO3/c1-11(17(20)21)15-9-18(10-15)16(19)14-7-6-12-4-2-3-5-13(12)8-14/h2-8,11,15H,9-10H2,1H3,(H,20,21). The molecule has 2 aromatic carbocycles. The molecule has 1 heterocycles. The van der Waals surface area contributed by atoms with E-state index in [2.05, 4.69) is 0 Å². The fourth-order valence-electron chi connectivity index (χ4n) is 2.70. The fraction of sp³-hybridized carbons (Fsp3) is 0.294. The van der Waals surface area contributed by atoms with Gasteiger partial charge in [-0.3, -0.25) is 9.59 Å². The largest absolute Gasteiger partial charge is 0.481 e. The van der Waals surface area contributed by atoms with Crippen molar-refractivity contribution >= 4 is 22.6 Å². The molecule has 0 aromatic heterocycles. The molecule has 0 spiro atoms. The van der Waals surface area contributed by atoms with E-state index in [1.54, 1.807) is 11.8 Å². The number of hydrogen-bond acceptors (Lipinski definition) is 2. The van der Waals surface area contributed by atoms with Crippen LogP contribution >= 0.6 is 0 Å². The molecule has 1 N–H and O–H groups in total. The van der Waals surface area contributed by atoms with Gasteiger partial charge in [0.15, 0.2) is 0 Å². The molecule has 1 aliphatic rings. The molecule has 0 radical (unpaired) electrons. The normalized spacial score (nSPS) is 16.5. The van der Waals surface area contributed by atoms with Gasteiger partial charge in [-0.15, -0.1) is 0 Å². The van der Waals surface area contributed by atoms with Crippen LogP contribution in [0.1, 0.15) is 17.3 Å². The van der Waals surface area contributed by atoms with Gasteiger partial charge in [-0.1, -0.05) is 37.3 Å². The molecule has 4 heteroatoms. The second-order valence-electron chi connectivity index (χ2n) is 5.66. The van der Waals surface area contributed by atoms with Gasteiger partial charge in [0.05, 0.1) is 5.92 Å². The van der Waals surface area contributed by atoms with E-state index in [1.165, 1.54) is 0 Å². The number of nitrogens with zero attached hydrogens (tertiary/aromatic N) is 1. The van der Waals surface area contributed by atoms with Crippen molar-refractivity contribution in [3.05, 3.63) is 48.0 Å². The van der Waals surface area contributed by atoms with Gasteiger partial charge in [0.1, 0.15) is 0 Å². The van der Waals surface area contributed by atoms with Gasteiger partial charge in [0.2, 0.25) is 0 Å². The van der Waals surface area contributed by atoms with Crippen LogP contribution in [0, 0.1) is 11.8 Å². The van der Waals surface area contributed by atoms with Gasteiger partial charge >= 0.3 is 5.97 Å². The average molecular weight is 283 g/mol. The molecule has 108 valence electrons. The summed E-state index contributed by atoms with van der Waals surface area (Å²) in [5, 5.41) is 11.1. The van der Waals surface area contributed by atoms with Crippen molar-refractivity contribution in [3.63, 3.8) is 0 Å². The highest BCUT2D eigenvalue weighted by molar-refractivity contribution is 5.99. The van der Waals surface area contributed by atoms with E-state index in [9.17, 15) is 9.59 Å². The molecule has 0 saturated carbocycles. The summed E-state index contributed by atoms with van der Waals surface area (Å²) in [7, 11) is 0. The highest BCUT2D eigenvalue weighted by atomic mass is 16.4. The van der Waals surface area contributed by atoms with E-state index < -0.39 is 11.9 Å². The maximum absolute atomic E-state index is 12.4. The van der Waals surface area contributed by atoms with Crippen LogP contribution in [-0.4, -0.2) is 35.0 Å². The van der Waals surface area contributed by atoms with Crippen molar-refractivity contribution in [1.82, 2.24) is 4.90 Å². The zero-order chi connectivity index (χ0) is 15.0. The molecule has 1 fully saturated rings. The lowest BCUT2D eigenvalue weighted by molar-refractivity contribution is -0.144. The van der Waals surface area contributed by atoms with Crippen LogP contribution in [-0.2, 0) is 4.79 Å². The fourth-order valence-corrected chi connectivity index (χ4v) is 2.70. The van der Waals surface area contributed by atoms with Crippen LogP contribution in [0.2, 0.25) is 0 Å². The average Bonchev–Trinajstić information content (AvgIpc) is 2.44. The van der Waals surface area contributed by atoms with E-state index in [1.807, 2.05) is 42.5 Å². The zero-order valence-corrected chi connectivity index (χ0v) is 11.8. The maximum atomic E-state index is 12.4. The summed E-state index contributed by atoms with van der Waals surface area (Å²) in [4.78, 5) is 25.0. The number of amides is 1. The summed E-state index contributed by atoms with van der Waals surface area (Å²) in [6.45, 7) is 2.75. The van der Waals surface area contributed by atoms with Gasteiger partial charge in [0, 0.05) is 24.6 Å². The van der Waals surface area contributed by atoms with Crippen molar-refractivity contribution in [2.45, 2.75) is 6.92 Å². The molecule has 1 amide bonds. The Balaban J connectivity index is 1.72. The van der Waals surface area contributed by atoms with Crippen molar-refractivity contribution in [1.29, 1.82) is 0 Å². The molecule has 2 aromatic rings. The zero-order valence-electron chi connectivity index (χ0n) is 11.8. The molecule has 1 aliphatic heterocycles. The number of aliphatic carboxylic acids is 1. The van der Waals surface area contributed by atoms with E-state index in [-0.39, 0.29) is 11.8 Å². The van der Waals surface area contributed by atoms with Gasteiger partial charge < -0.3 is 10.0 Å². The van der Waals surface area contributed by atoms with E-state index in [4.69, 9.17) is 5.11 Å². The van der Waals surface area contributed by atoms with E-state index in [0.717, 1.165) is 10.8 Å². The molecule has 0 aliphatic carbocycles. The Hall–Kier alpha value is -2.36. The molecule has 0 bridgehead atoms. The third-order valence-corrected chi connectivity index (χ3v) is 4.29. The SMILES string of the molecule is CC(C(=O)O)C1CN(C(=O)c2ccc3ccccc3c2)C1. The predicted molar refractivity (Wildman–Crippen MR) is 80.1 cm³/mol. The Kier molecular flexibility index (Phi) is 3.37. The number of carboxylic acids is 1. The summed E-state index contributed by atoms with van der Waals surface area (Å²) < 4.78 is 0. The van der Waals surface area contributed by atoms with Crippen molar-refractivity contribution < 1.29 is 14.7 Å². The molecular weight excluding hydrogens is 266 g/mol. The highest BCUT2D eigenvalue weighted by Crippen LogP contribution is 2.26. The molecular formula is C17H17NO3. The number of carboxylic acid groups (broad SMARTS) is 1. The Morgan fingerprint density at radius 1 is 1.14 bits per heavy atom. The highest BCUT2D eigenvalue weighted by Gasteiger charge is 2.37. The monoisotopic (exact) mass is 283 g/mol. The molecule has 3 rings (SSSR count). The van der Waals surface area contributed by atoms with Crippen molar-refractivity contribution in [2.24, 2.45) is 11.8 Å². The molecule has 4 nitrogen and oxygen atoms in total. The number of hydrogen-bond donors (Lipinski definition) is 1. The number of carbonyl (C=O) groups is 2. The topological polar surface area (TPSA) is 57.6 Å². The second-order valence-corrected chi connectivity index (χ2v) is 5.66. The lowest BCUT2D eigenvalue weighted by Crippen LogP contribution is -2.53. The summed E-state index contributed by atoms with van der Waals surface area (Å²) in [5.74, 6) is -1.15. The maximum Gasteiger partial charge on any atom is 0.306 e. The number of likely N-dealkylation sites (tertiary alicyclic amines) is 1. The van der Waals surface area contributed by atoms with Gasteiger partial charge in [-0.25, -0.2) is 0 Å². The van der Waals surface area contributed by atoms with E-state index in [0.29, 0.717) is 18.7 Å². The Labute approximate surface area is 123 Å². The molecule has 21 heavy (non-hydrogen) atoms. The predicted octanol–water partition coefficient (Wildman–Crippen LogP) is 2.63. The lowest BCUT2D eigenvalue weighted by Gasteiger charge is -2.41. The van der Waals surface area contributed by atoms with Crippen LogP contribution in [0.15, 0.2) is 42.5 Å². The van der Waals surface area contributed by atoms with Crippen LogP contribution in [0.4, 0.5) is 0 Å².